The maximum absolute atomic E-state index is 10.4. The van der Waals surface area contributed by atoms with Crippen LogP contribution in [0.2, 0.25) is 0 Å². The molecule has 1 aliphatic rings. The fourth-order valence-electron chi connectivity index (χ4n) is 1.07. The van der Waals surface area contributed by atoms with Crippen molar-refractivity contribution in [3.05, 3.63) is 0 Å². The van der Waals surface area contributed by atoms with Crippen LogP contribution >= 0.6 is 0 Å². The van der Waals surface area contributed by atoms with Crippen LogP contribution in [0, 0.1) is 0 Å². The molecule has 0 aromatic heterocycles. The second-order valence-electron chi connectivity index (χ2n) is 2.76. The van der Waals surface area contributed by atoms with E-state index in [1.165, 1.54) is 0 Å². The molecule has 1 aliphatic heterocycles. The average molecular weight is 266 g/mol. The number of rotatable bonds is 1. The number of aliphatic hydroxyl groups excluding tert-OH is 4. The van der Waals surface area contributed by atoms with Crippen LogP contribution in [-0.4, -0.2) is 151 Å². The summed E-state index contributed by atoms with van der Waals surface area (Å²) in [4.78, 5) is 10.4. The van der Waals surface area contributed by atoms with Gasteiger partial charge in [0.25, 0.3) is 0 Å². The molecular formula is C6H13Na3O7. The molecule has 0 unspecified atom stereocenters. The minimum atomic E-state index is -1.81. The van der Waals surface area contributed by atoms with Crippen molar-refractivity contribution in [2.45, 2.75) is 30.7 Å². The van der Waals surface area contributed by atoms with Gasteiger partial charge in [-0.3, -0.25) is 0 Å². The number of hydrogen-bond donors (Lipinski definition) is 5. The Bertz CT molecular complexity index is 216. The van der Waals surface area contributed by atoms with Crippen LogP contribution in [0.4, 0.5) is 0 Å². The van der Waals surface area contributed by atoms with E-state index in [4.69, 9.17) is 25.5 Å². The van der Waals surface area contributed by atoms with Crippen molar-refractivity contribution >= 4 is 94.6 Å². The van der Waals surface area contributed by atoms with Gasteiger partial charge in [0, 0.05) is 0 Å². The van der Waals surface area contributed by atoms with E-state index >= 15 is 0 Å². The Morgan fingerprint density at radius 2 is 1.31 bits per heavy atom. The van der Waals surface area contributed by atoms with E-state index in [2.05, 4.69) is 4.74 Å². The van der Waals surface area contributed by atoms with Crippen molar-refractivity contribution in [1.29, 1.82) is 0 Å². The second kappa shape index (κ2) is 10.1. The molecule has 0 amide bonds. The molecule has 16 heavy (non-hydrogen) atoms. The van der Waals surface area contributed by atoms with E-state index in [0.717, 1.165) is 0 Å². The Kier molecular flexibility index (Phi) is 14.8. The van der Waals surface area contributed by atoms with Crippen LogP contribution in [0.3, 0.4) is 0 Å². The van der Waals surface area contributed by atoms with Gasteiger partial charge in [-0.05, 0) is 0 Å². The monoisotopic (exact) mass is 266 g/mol. The number of carbonyl (C=O) groups is 1. The van der Waals surface area contributed by atoms with Gasteiger partial charge >= 0.3 is 94.6 Å². The average Bonchev–Trinajstić information content (AvgIpc) is 2.07. The van der Waals surface area contributed by atoms with E-state index in [9.17, 15) is 4.79 Å². The molecule has 1 fully saturated rings. The van der Waals surface area contributed by atoms with Gasteiger partial charge in [-0.2, -0.15) is 0 Å². The summed E-state index contributed by atoms with van der Waals surface area (Å²) in [5, 5.41) is 44.4. The van der Waals surface area contributed by atoms with Crippen LogP contribution in [0.5, 0.6) is 0 Å². The number of aliphatic carboxylic acids is 1. The summed E-state index contributed by atoms with van der Waals surface area (Å²) >= 11 is 0. The van der Waals surface area contributed by atoms with Crippen LogP contribution in [0.1, 0.15) is 0 Å². The van der Waals surface area contributed by atoms with E-state index in [1.807, 2.05) is 0 Å². The molecule has 5 atom stereocenters. The Morgan fingerprint density at radius 1 is 0.875 bits per heavy atom. The Labute approximate surface area is 158 Å². The first-order chi connectivity index (χ1) is 5.95. The molecule has 10 heteroatoms. The summed E-state index contributed by atoms with van der Waals surface area (Å²) in [6.45, 7) is 0. The third-order valence-electron chi connectivity index (χ3n) is 1.83. The molecule has 1 saturated heterocycles. The Morgan fingerprint density at radius 3 is 1.69 bits per heavy atom. The van der Waals surface area contributed by atoms with Crippen LogP contribution in [0.25, 0.3) is 0 Å². The fraction of sp³-hybridized carbons (Fsp3) is 0.833. The van der Waals surface area contributed by atoms with E-state index < -0.39 is 36.7 Å². The SMILES string of the molecule is O=C(O)[C@H]1O[C@@H](O)[C@H](O)[C@@H](O)[C@@H]1O.[NaH].[NaH].[NaH]. The van der Waals surface area contributed by atoms with E-state index in [0.29, 0.717) is 0 Å². The first-order valence-electron chi connectivity index (χ1n) is 3.55. The van der Waals surface area contributed by atoms with Crippen molar-refractivity contribution < 1.29 is 35.1 Å². The molecule has 0 radical (unpaired) electrons. The Hall–Kier alpha value is 2.27. The molecular weight excluding hydrogens is 253 g/mol. The third-order valence-corrected chi connectivity index (χ3v) is 1.83. The number of carboxylic acids is 1. The predicted octanol–water partition coefficient (Wildman–Crippen LogP) is -5.07. The second-order valence-corrected chi connectivity index (χ2v) is 2.76. The number of ether oxygens (including phenoxy) is 1. The molecule has 0 saturated carbocycles. The summed E-state index contributed by atoms with van der Waals surface area (Å²) < 4.78 is 4.34. The molecule has 1 heterocycles. The summed E-state index contributed by atoms with van der Waals surface area (Å²) in [7, 11) is 0. The van der Waals surface area contributed by atoms with Crippen molar-refractivity contribution in [2.75, 3.05) is 0 Å². The van der Waals surface area contributed by atoms with Crippen molar-refractivity contribution in [3.63, 3.8) is 0 Å². The number of hydrogen-bond acceptors (Lipinski definition) is 6. The maximum atomic E-state index is 10.4. The quantitative estimate of drug-likeness (QED) is 0.300. The van der Waals surface area contributed by atoms with Gasteiger partial charge in [0.1, 0.15) is 18.3 Å². The van der Waals surface area contributed by atoms with Gasteiger partial charge in [0.2, 0.25) is 0 Å². The van der Waals surface area contributed by atoms with E-state index in [-0.39, 0.29) is 88.7 Å². The normalized spacial score (nSPS) is 37.4. The molecule has 0 spiro atoms. The van der Waals surface area contributed by atoms with Crippen molar-refractivity contribution in [1.82, 2.24) is 0 Å². The van der Waals surface area contributed by atoms with E-state index in [1.54, 1.807) is 0 Å². The van der Waals surface area contributed by atoms with Gasteiger partial charge in [-0.25, -0.2) is 4.79 Å². The molecule has 82 valence electrons. The third kappa shape index (κ3) is 5.50. The predicted molar refractivity (Wildman–Crippen MR) is 58.0 cm³/mol. The molecule has 5 N–H and O–H groups in total. The summed E-state index contributed by atoms with van der Waals surface area (Å²) in [5.74, 6) is -1.52. The van der Waals surface area contributed by atoms with Gasteiger partial charge in [-0.1, -0.05) is 0 Å². The summed E-state index contributed by atoms with van der Waals surface area (Å²) in [5.41, 5.74) is 0. The molecule has 7 nitrogen and oxygen atoms in total. The standard InChI is InChI=1S/C6H10O7.3Na.3H/c7-1-2(8)4(5(10)11)13-6(12)3(1)9;;;;;;/h1-4,6-9,12H,(H,10,11);;;;;;/t1-,2-,3+,4-,6+;;;;;;/m0....../s1. The summed E-state index contributed by atoms with van der Waals surface area (Å²) in [6.07, 6.45) is -8.72. The van der Waals surface area contributed by atoms with Crippen LogP contribution in [-0.2, 0) is 9.53 Å². The van der Waals surface area contributed by atoms with Gasteiger partial charge in [0.05, 0.1) is 0 Å². The topological polar surface area (TPSA) is 127 Å². The molecule has 1 rings (SSSR count). The van der Waals surface area contributed by atoms with Crippen LogP contribution < -0.4 is 0 Å². The number of aliphatic hydroxyl groups is 4. The zero-order valence-corrected chi connectivity index (χ0v) is 6.44. The number of carboxylic acid groups (broad SMARTS) is 1. The van der Waals surface area contributed by atoms with Gasteiger partial charge < -0.3 is 30.3 Å². The zero-order valence-electron chi connectivity index (χ0n) is 6.44. The van der Waals surface area contributed by atoms with Crippen LogP contribution in [0.15, 0.2) is 0 Å². The van der Waals surface area contributed by atoms with Gasteiger partial charge in [0.15, 0.2) is 12.4 Å². The molecule has 0 aliphatic carbocycles. The van der Waals surface area contributed by atoms with Gasteiger partial charge in [-0.15, -0.1) is 0 Å². The van der Waals surface area contributed by atoms with Crippen molar-refractivity contribution in [3.8, 4) is 0 Å². The Balaban J connectivity index is -0.000000563. The first-order valence-corrected chi connectivity index (χ1v) is 3.55. The summed E-state index contributed by atoms with van der Waals surface area (Å²) in [6, 6.07) is 0. The molecule has 0 aromatic carbocycles. The van der Waals surface area contributed by atoms with Crippen molar-refractivity contribution in [2.24, 2.45) is 0 Å². The minimum absolute atomic E-state index is 0. The molecule has 0 bridgehead atoms. The fourth-order valence-corrected chi connectivity index (χ4v) is 1.07. The molecule has 0 aromatic rings. The zero-order chi connectivity index (χ0) is 10.2. The first kappa shape index (κ1) is 23.4.